The van der Waals surface area contributed by atoms with Crippen molar-refractivity contribution in [3.63, 3.8) is 0 Å². The van der Waals surface area contributed by atoms with Crippen LogP contribution in [-0.2, 0) is 11.0 Å². The van der Waals surface area contributed by atoms with Gasteiger partial charge in [0.15, 0.2) is 5.82 Å². The lowest BCUT2D eigenvalue weighted by Crippen LogP contribution is -2.13. The van der Waals surface area contributed by atoms with E-state index in [-0.39, 0.29) is 11.5 Å². The molecule has 1 heterocycles. The average Bonchev–Trinajstić information content (AvgIpc) is 2.42. The number of amides is 1. The number of nitrogens with one attached hydrogen (secondary N) is 1. The van der Waals surface area contributed by atoms with Crippen molar-refractivity contribution >= 4 is 19.5 Å². The summed E-state index contributed by atoms with van der Waals surface area (Å²) in [5.74, 6) is 0.788. The maximum Gasteiger partial charge on any atom is 0.466 e. The summed E-state index contributed by atoms with van der Waals surface area (Å²) in [7, 11) is -4.64. The fourth-order valence-corrected chi connectivity index (χ4v) is 1.11. The number of nitrogen functional groups attached to an aromatic ring is 1. The van der Waals surface area contributed by atoms with Gasteiger partial charge in [0, 0.05) is 6.42 Å². The van der Waals surface area contributed by atoms with Crippen LogP contribution in [0, 0.1) is 5.92 Å². The zero-order valence-corrected chi connectivity index (χ0v) is 10.9. The van der Waals surface area contributed by atoms with E-state index < -0.39 is 13.7 Å². The Morgan fingerprint density at radius 2 is 1.89 bits per heavy atom. The molecule has 1 amide bonds. The molecule has 0 spiro atoms. The minimum Gasteiger partial charge on any atom is -0.382 e. The summed E-state index contributed by atoms with van der Waals surface area (Å²) < 4.78 is 8.88. The van der Waals surface area contributed by atoms with Crippen LogP contribution in [0.5, 0.6) is 0 Å². The van der Waals surface area contributed by atoms with Crippen molar-refractivity contribution in [2.75, 3.05) is 5.73 Å². The van der Waals surface area contributed by atoms with E-state index in [2.05, 4.69) is 23.8 Å². The van der Waals surface area contributed by atoms with Crippen molar-refractivity contribution in [2.24, 2.45) is 11.7 Å². The minimum absolute atomic E-state index is 0.183. The number of phosphoric acid groups is 1. The van der Waals surface area contributed by atoms with Crippen LogP contribution in [0.2, 0.25) is 0 Å². The predicted octanol–water partition coefficient (Wildman–Crippen LogP) is -0.639. The van der Waals surface area contributed by atoms with Crippen LogP contribution >= 0.6 is 7.82 Å². The Labute approximate surface area is 103 Å². The quantitative estimate of drug-likeness (QED) is 0.399. The highest BCUT2D eigenvalue weighted by Gasteiger charge is 2.12. The molecule has 0 fully saturated rings. The van der Waals surface area contributed by atoms with Gasteiger partial charge in [0.2, 0.25) is 0 Å². The third-order valence-corrected chi connectivity index (χ3v) is 1.63. The van der Waals surface area contributed by atoms with Gasteiger partial charge in [-0.15, -0.1) is 0 Å². The van der Waals surface area contributed by atoms with Gasteiger partial charge in [-0.1, -0.05) is 13.8 Å². The monoisotopic (exact) mass is 280 g/mol. The molecule has 0 aliphatic heterocycles. The highest BCUT2D eigenvalue weighted by molar-refractivity contribution is 7.45. The molecule has 0 radical (unpaired) electrons. The van der Waals surface area contributed by atoms with Crippen LogP contribution in [0.4, 0.5) is 5.82 Å². The van der Waals surface area contributed by atoms with Crippen molar-refractivity contribution in [3.05, 3.63) is 11.5 Å². The van der Waals surface area contributed by atoms with E-state index in [9.17, 15) is 4.79 Å². The van der Waals surface area contributed by atoms with Crippen molar-refractivity contribution in [1.29, 1.82) is 0 Å². The molecule has 1 rings (SSSR count). The molecule has 10 heteroatoms. The predicted molar refractivity (Wildman–Crippen MR) is 64.3 cm³/mol. The lowest BCUT2D eigenvalue weighted by Gasteiger charge is -1.98. The summed E-state index contributed by atoms with van der Waals surface area (Å²) in [5.41, 5.74) is 10.7. The van der Waals surface area contributed by atoms with Gasteiger partial charge >= 0.3 is 7.82 Å². The molecule has 1 aromatic heterocycles. The van der Waals surface area contributed by atoms with Crippen LogP contribution in [0.3, 0.4) is 0 Å². The normalized spacial score (nSPS) is 11.0. The van der Waals surface area contributed by atoms with Gasteiger partial charge in [0.1, 0.15) is 11.5 Å². The second-order valence-electron chi connectivity index (χ2n) is 3.92. The molecule has 0 unspecified atom stereocenters. The third-order valence-electron chi connectivity index (χ3n) is 1.63. The summed E-state index contributed by atoms with van der Waals surface area (Å²) in [6, 6.07) is 0. The van der Waals surface area contributed by atoms with Crippen LogP contribution in [0.25, 0.3) is 0 Å². The molecule has 0 bridgehead atoms. The second kappa shape index (κ2) is 6.50. The first-order valence-electron chi connectivity index (χ1n) is 4.93. The zero-order chi connectivity index (χ0) is 14.5. The number of hydrogen-bond acceptors (Lipinski definition) is 4. The van der Waals surface area contributed by atoms with E-state index in [4.69, 9.17) is 30.7 Å². The Morgan fingerprint density at radius 1 is 1.44 bits per heavy atom. The third kappa shape index (κ3) is 7.80. The Hall–Kier alpha value is -1.41. The van der Waals surface area contributed by atoms with Gasteiger partial charge in [-0.2, -0.15) is 0 Å². The molecule has 104 valence electrons. The van der Waals surface area contributed by atoms with Crippen LogP contribution in [0.1, 0.15) is 30.2 Å². The van der Waals surface area contributed by atoms with Crippen LogP contribution in [0.15, 0.2) is 0 Å². The topological polar surface area (TPSA) is 176 Å². The molecule has 0 aromatic carbocycles. The molecular formula is C8H17N4O5P. The number of aromatic nitrogens is 2. The molecule has 0 aliphatic carbocycles. The number of rotatable bonds is 3. The van der Waals surface area contributed by atoms with E-state index in [0.717, 1.165) is 6.42 Å². The Kier molecular flexibility index (Phi) is 5.99. The lowest BCUT2D eigenvalue weighted by molar-refractivity contribution is 0.0996. The first-order valence-corrected chi connectivity index (χ1v) is 6.49. The number of nitrogens with two attached hydrogens (primary N) is 2. The van der Waals surface area contributed by atoms with Crippen LogP contribution in [-0.4, -0.2) is 30.6 Å². The molecular weight excluding hydrogens is 263 g/mol. The van der Waals surface area contributed by atoms with Crippen LogP contribution < -0.4 is 11.5 Å². The standard InChI is InChI=1S/C8H14N4O.H3O4P/c1-4(2)3-5-11-6(8(10)13)7(9)12-5;1-5(2,3)4/h4H,3,9H2,1-2H3,(H2,10,13)(H,11,12);(H3,1,2,3,4). The molecule has 1 aromatic rings. The maximum atomic E-state index is 10.8. The Morgan fingerprint density at radius 3 is 2.17 bits per heavy atom. The lowest BCUT2D eigenvalue weighted by atomic mass is 10.1. The summed E-state index contributed by atoms with van der Waals surface area (Å²) >= 11 is 0. The number of aromatic amines is 1. The largest absolute Gasteiger partial charge is 0.466 e. The highest BCUT2D eigenvalue weighted by atomic mass is 31.2. The number of carbonyl (C=O) groups is 1. The van der Waals surface area contributed by atoms with Crippen molar-refractivity contribution in [2.45, 2.75) is 20.3 Å². The minimum atomic E-state index is -4.64. The van der Waals surface area contributed by atoms with Gasteiger partial charge in [0.05, 0.1) is 0 Å². The van der Waals surface area contributed by atoms with Gasteiger partial charge in [-0.05, 0) is 5.92 Å². The van der Waals surface area contributed by atoms with Crippen molar-refractivity contribution in [3.8, 4) is 0 Å². The molecule has 18 heavy (non-hydrogen) atoms. The summed E-state index contributed by atoms with van der Waals surface area (Å²) in [6.45, 7) is 4.12. The zero-order valence-electron chi connectivity index (χ0n) is 9.99. The molecule has 0 saturated carbocycles. The number of hydrogen-bond donors (Lipinski definition) is 6. The SMILES string of the molecule is CC(C)Cc1nc(N)c(C(N)=O)[nH]1.O=P(O)(O)O. The van der Waals surface area contributed by atoms with Gasteiger partial charge in [-0.25, -0.2) is 9.55 Å². The number of primary amides is 1. The summed E-state index contributed by atoms with van der Waals surface area (Å²) in [5, 5.41) is 0. The van der Waals surface area contributed by atoms with Gasteiger partial charge < -0.3 is 31.1 Å². The number of anilines is 1. The molecule has 9 nitrogen and oxygen atoms in total. The molecule has 0 aliphatic rings. The molecule has 0 atom stereocenters. The summed E-state index contributed by atoms with van der Waals surface area (Å²) in [4.78, 5) is 39.1. The summed E-state index contributed by atoms with van der Waals surface area (Å²) in [6.07, 6.45) is 0.761. The fraction of sp³-hybridized carbons (Fsp3) is 0.500. The fourth-order valence-electron chi connectivity index (χ4n) is 1.11. The number of carbonyl (C=O) groups excluding carboxylic acids is 1. The van der Waals surface area contributed by atoms with E-state index in [1.54, 1.807) is 0 Å². The van der Waals surface area contributed by atoms with E-state index in [1.165, 1.54) is 0 Å². The smallest absolute Gasteiger partial charge is 0.382 e. The van der Waals surface area contributed by atoms with E-state index in [0.29, 0.717) is 11.7 Å². The molecule has 0 saturated heterocycles. The Bertz CT molecular complexity index is 444. The van der Waals surface area contributed by atoms with Gasteiger partial charge in [0.25, 0.3) is 5.91 Å². The number of imidazole rings is 1. The first kappa shape index (κ1) is 16.6. The average molecular weight is 280 g/mol. The van der Waals surface area contributed by atoms with E-state index in [1.807, 2.05) is 0 Å². The molecule has 8 N–H and O–H groups in total. The number of H-pyrrole nitrogens is 1. The first-order chi connectivity index (χ1) is 8.00. The van der Waals surface area contributed by atoms with Crippen molar-refractivity contribution < 1.29 is 24.0 Å². The second-order valence-corrected chi connectivity index (χ2v) is 4.95. The Balaban J connectivity index is 0.000000494. The highest BCUT2D eigenvalue weighted by Crippen LogP contribution is 2.25. The maximum absolute atomic E-state index is 10.8. The van der Waals surface area contributed by atoms with E-state index >= 15 is 0 Å². The number of nitrogens with zero attached hydrogens (tertiary/aromatic N) is 1. The van der Waals surface area contributed by atoms with Gasteiger partial charge in [-0.3, -0.25) is 4.79 Å². The van der Waals surface area contributed by atoms with Crippen molar-refractivity contribution in [1.82, 2.24) is 9.97 Å².